The van der Waals surface area contributed by atoms with E-state index in [2.05, 4.69) is 0 Å². The van der Waals surface area contributed by atoms with Crippen molar-refractivity contribution in [2.75, 3.05) is 0 Å². The molecular weight excluding hydrogens is 284 g/mol. The van der Waals surface area contributed by atoms with Gasteiger partial charge in [-0.05, 0) is 0 Å². The summed E-state index contributed by atoms with van der Waals surface area (Å²) in [4.78, 5) is 11.1. The van der Waals surface area contributed by atoms with Gasteiger partial charge in [0.05, 0.1) is 10.1 Å². The van der Waals surface area contributed by atoms with Crippen LogP contribution in [0.2, 0.25) is 0 Å². The third-order valence-electron chi connectivity index (χ3n) is 1.34. The highest BCUT2D eigenvalue weighted by molar-refractivity contribution is 6.63. The predicted octanol–water partition coefficient (Wildman–Crippen LogP) is 3.85. The van der Waals surface area contributed by atoms with E-state index in [1.54, 1.807) is 0 Å². The largest absolute Gasteiger partial charge is 0.287 e. The number of Topliss-reactive ketones (excluding diaryl/α,β-unsaturated/α-hetero) is 1. The number of alkyl halides is 2. The van der Waals surface area contributed by atoms with Gasteiger partial charge in [0, 0.05) is 0 Å². The van der Waals surface area contributed by atoms with E-state index in [0.717, 1.165) is 0 Å². The second-order valence-electron chi connectivity index (χ2n) is 2.16. The first-order chi connectivity index (χ1) is 5.80. The second kappa shape index (κ2) is 3.59. The number of hydrogen-bond donors (Lipinski definition) is 0. The monoisotopic (exact) mass is 282 g/mol. The molecule has 1 rings (SSSR count). The summed E-state index contributed by atoms with van der Waals surface area (Å²) in [5.74, 6) is -0.841. The van der Waals surface area contributed by atoms with E-state index in [0.29, 0.717) is 0 Å². The molecule has 72 valence electrons. The van der Waals surface area contributed by atoms with Crippen molar-refractivity contribution < 1.29 is 9.18 Å². The lowest BCUT2D eigenvalue weighted by Gasteiger charge is -2.22. The zero-order chi connectivity index (χ0) is 10.4. The van der Waals surface area contributed by atoms with Crippen LogP contribution in [0.25, 0.3) is 0 Å². The van der Waals surface area contributed by atoms with Gasteiger partial charge in [-0.2, -0.15) is 0 Å². The molecule has 0 heterocycles. The van der Waals surface area contributed by atoms with Gasteiger partial charge < -0.3 is 0 Å². The van der Waals surface area contributed by atoms with Crippen LogP contribution in [0.15, 0.2) is 20.1 Å². The first-order valence-electron chi connectivity index (χ1n) is 2.84. The molecule has 0 unspecified atom stereocenters. The normalized spacial score (nSPS) is 22.8. The molecule has 1 aliphatic rings. The molecule has 0 aromatic rings. The second-order valence-corrected chi connectivity index (χ2v) is 4.19. The van der Waals surface area contributed by atoms with E-state index in [-0.39, 0.29) is 0 Å². The lowest BCUT2D eigenvalue weighted by Crippen LogP contribution is -2.25. The molecule has 1 aliphatic carbocycles. The zero-order valence-electron chi connectivity index (χ0n) is 5.68. The molecule has 0 aliphatic heterocycles. The van der Waals surface area contributed by atoms with Crippen LogP contribution in [-0.4, -0.2) is 10.9 Å². The molecule has 0 aromatic heterocycles. The van der Waals surface area contributed by atoms with Crippen LogP contribution < -0.4 is 0 Å². The Kier molecular flexibility index (Phi) is 3.21. The SMILES string of the molecule is O=C1C(Cl)=C(Cl)C(F)(Cl)C(Cl)=C1Cl. The van der Waals surface area contributed by atoms with Gasteiger partial charge in [0.2, 0.25) is 5.78 Å². The van der Waals surface area contributed by atoms with Crippen molar-refractivity contribution in [1.29, 1.82) is 0 Å². The Balaban J connectivity index is 3.39. The molecule has 7 heteroatoms. The van der Waals surface area contributed by atoms with Gasteiger partial charge in [-0.15, -0.1) is 0 Å². The molecule has 0 saturated carbocycles. The van der Waals surface area contributed by atoms with Crippen LogP contribution in [0, 0.1) is 0 Å². The van der Waals surface area contributed by atoms with Gasteiger partial charge in [0.25, 0.3) is 5.13 Å². The van der Waals surface area contributed by atoms with Crippen LogP contribution >= 0.6 is 58.0 Å². The van der Waals surface area contributed by atoms with Crippen molar-refractivity contribution in [2.24, 2.45) is 0 Å². The molecule has 0 bridgehead atoms. The molecule has 0 aromatic carbocycles. The number of allylic oxidation sites excluding steroid dienone is 4. The maximum atomic E-state index is 13.4. The van der Waals surface area contributed by atoms with E-state index in [4.69, 9.17) is 58.0 Å². The maximum Gasteiger partial charge on any atom is 0.258 e. The number of rotatable bonds is 0. The average Bonchev–Trinajstić information content (AvgIpc) is 2.09. The van der Waals surface area contributed by atoms with Crippen molar-refractivity contribution in [3.63, 3.8) is 0 Å². The smallest absolute Gasteiger partial charge is 0.258 e. The van der Waals surface area contributed by atoms with Crippen molar-refractivity contribution in [1.82, 2.24) is 0 Å². The van der Waals surface area contributed by atoms with E-state index in [9.17, 15) is 9.18 Å². The topological polar surface area (TPSA) is 17.1 Å². The molecule has 0 fully saturated rings. The van der Waals surface area contributed by atoms with Gasteiger partial charge in [-0.1, -0.05) is 58.0 Å². The Morgan fingerprint density at radius 2 is 1.31 bits per heavy atom. The average molecular weight is 284 g/mol. The lowest BCUT2D eigenvalue weighted by molar-refractivity contribution is -0.111. The number of ketones is 1. The first-order valence-corrected chi connectivity index (χ1v) is 4.73. The van der Waals surface area contributed by atoms with Crippen molar-refractivity contribution in [3.05, 3.63) is 20.1 Å². The summed E-state index contributed by atoms with van der Waals surface area (Å²) in [6.07, 6.45) is 0. The fraction of sp³-hybridized carbons (Fsp3) is 0.167. The van der Waals surface area contributed by atoms with Crippen LogP contribution in [0.1, 0.15) is 0 Å². The summed E-state index contributed by atoms with van der Waals surface area (Å²) in [5, 5.41) is -5.17. The highest BCUT2D eigenvalue weighted by Crippen LogP contribution is 2.48. The Labute approximate surface area is 98.0 Å². The molecule has 13 heavy (non-hydrogen) atoms. The minimum atomic E-state index is -2.70. The fourth-order valence-electron chi connectivity index (χ4n) is 0.668. The van der Waals surface area contributed by atoms with Gasteiger partial charge in [-0.3, -0.25) is 4.79 Å². The Bertz CT molecular complexity index is 313. The van der Waals surface area contributed by atoms with E-state index < -0.39 is 31.0 Å². The van der Waals surface area contributed by atoms with E-state index >= 15 is 0 Å². The quantitative estimate of drug-likeness (QED) is 0.617. The molecular formula is C6Cl5FO. The Morgan fingerprint density at radius 1 is 1.00 bits per heavy atom. The molecule has 1 nitrogen and oxygen atoms in total. The maximum absolute atomic E-state index is 13.4. The van der Waals surface area contributed by atoms with E-state index in [1.165, 1.54) is 0 Å². The molecule has 0 radical (unpaired) electrons. The highest BCUT2D eigenvalue weighted by atomic mass is 35.5. The lowest BCUT2D eigenvalue weighted by atomic mass is 10.1. The van der Waals surface area contributed by atoms with Crippen molar-refractivity contribution >= 4 is 63.8 Å². The van der Waals surface area contributed by atoms with Crippen molar-refractivity contribution in [3.8, 4) is 0 Å². The van der Waals surface area contributed by atoms with Crippen LogP contribution in [-0.2, 0) is 4.79 Å². The van der Waals surface area contributed by atoms with Gasteiger partial charge >= 0.3 is 0 Å². The van der Waals surface area contributed by atoms with Gasteiger partial charge in [-0.25, -0.2) is 4.39 Å². The first kappa shape index (κ1) is 11.6. The third-order valence-corrected chi connectivity index (χ3v) is 3.72. The van der Waals surface area contributed by atoms with Crippen LogP contribution in [0.3, 0.4) is 0 Å². The number of carbonyl (C=O) groups excluding carboxylic acids is 1. The summed E-state index contributed by atoms with van der Waals surface area (Å²) < 4.78 is 13.4. The molecule has 0 amide bonds. The van der Waals surface area contributed by atoms with Gasteiger partial charge in [0.1, 0.15) is 10.1 Å². The summed E-state index contributed by atoms with van der Waals surface area (Å²) in [6, 6.07) is 0. The summed E-state index contributed by atoms with van der Waals surface area (Å²) in [6.45, 7) is 0. The summed E-state index contributed by atoms with van der Waals surface area (Å²) in [7, 11) is 0. The number of carbonyl (C=O) groups is 1. The zero-order valence-corrected chi connectivity index (χ0v) is 9.46. The summed E-state index contributed by atoms with van der Waals surface area (Å²) in [5.41, 5.74) is 0. The van der Waals surface area contributed by atoms with Crippen molar-refractivity contribution in [2.45, 2.75) is 5.13 Å². The standard InChI is InChI=1S/C6Cl5FO/c7-1-3(13)2(8)5(10)6(11,12)4(1)9. The molecule has 0 saturated heterocycles. The minimum absolute atomic E-state index is 0.562. The Morgan fingerprint density at radius 3 is 1.62 bits per heavy atom. The van der Waals surface area contributed by atoms with Gasteiger partial charge in [0.15, 0.2) is 0 Å². The van der Waals surface area contributed by atoms with E-state index in [1.807, 2.05) is 0 Å². The third kappa shape index (κ3) is 1.71. The number of halogens is 6. The summed E-state index contributed by atoms with van der Waals surface area (Å²) >= 11 is 26.7. The molecule has 0 atom stereocenters. The minimum Gasteiger partial charge on any atom is -0.287 e. The molecule has 0 N–H and O–H groups in total. The molecule has 0 spiro atoms. The highest BCUT2D eigenvalue weighted by Gasteiger charge is 2.45. The fourth-order valence-corrected chi connectivity index (χ4v) is 1.86. The van der Waals surface area contributed by atoms with Crippen LogP contribution in [0.5, 0.6) is 0 Å². The predicted molar refractivity (Wildman–Crippen MR) is 52.2 cm³/mol. The Hall–Kier alpha value is 0.530. The number of hydrogen-bond acceptors (Lipinski definition) is 1. The van der Waals surface area contributed by atoms with Crippen LogP contribution in [0.4, 0.5) is 4.39 Å².